The van der Waals surface area contributed by atoms with E-state index in [9.17, 15) is 0 Å². The molecule has 0 aromatic rings. The number of hydrogen-bond acceptors (Lipinski definition) is 1. The summed E-state index contributed by atoms with van der Waals surface area (Å²) in [6, 6.07) is 0.829. The maximum atomic E-state index is 3.75. The van der Waals surface area contributed by atoms with E-state index in [4.69, 9.17) is 0 Å². The van der Waals surface area contributed by atoms with Crippen molar-refractivity contribution >= 4 is 0 Å². The average Bonchev–Trinajstić information content (AvgIpc) is 2.87. The van der Waals surface area contributed by atoms with Crippen molar-refractivity contribution in [3.63, 3.8) is 0 Å². The van der Waals surface area contributed by atoms with Gasteiger partial charge in [0, 0.05) is 18.8 Å². The minimum atomic E-state index is 0.829. The molecule has 11 heavy (non-hydrogen) atoms. The first-order valence-electron chi connectivity index (χ1n) is 4.16. The third-order valence-electron chi connectivity index (χ3n) is 2.19. The highest BCUT2D eigenvalue weighted by Gasteiger charge is 2.26. The van der Waals surface area contributed by atoms with Crippen molar-refractivity contribution in [3.05, 3.63) is 36.6 Å². The van der Waals surface area contributed by atoms with Crippen LogP contribution in [0.5, 0.6) is 0 Å². The summed E-state index contributed by atoms with van der Waals surface area (Å²) in [6.07, 6.45) is 11.2. The first-order valence-corrected chi connectivity index (χ1v) is 4.16. The molecule has 58 valence electrons. The van der Waals surface area contributed by atoms with Gasteiger partial charge in [0.2, 0.25) is 0 Å². The van der Waals surface area contributed by atoms with Crippen molar-refractivity contribution in [1.29, 1.82) is 0 Å². The smallest absolute Gasteiger partial charge is 0.0360 e. The van der Waals surface area contributed by atoms with Crippen LogP contribution in [-0.4, -0.2) is 17.5 Å². The Morgan fingerprint density at radius 2 is 2.36 bits per heavy atom. The minimum Gasteiger partial charge on any atom is -0.370 e. The summed E-state index contributed by atoms with van der Waals surface area (Å²) in [5, 5.41) is 0. The molecule has 1 saturated carbocycles. The van der Waals surface area contributed by atoms with Gasteiger partial charge in [0.1, 0.15) is 0 Å². The van der Waals surface area contributed by atoms with Gasteiger partial charge < -0.3 is 4.90 Å². The van der Waals surface area contributed by atoms with Crippen LogP contribution >= 0.6 is 0 Å². The molecule has 0 N–H and O–H groups in total. The highest BCUT2D eigenvalue weighted by molar-refractivity contribution is 5.31. The van der Waals surface area contributed by atoms with Crippen molar-refractivity contribution in [2.45, 2.75) is 18.9 Å². The Balaban J connectivity index is 2.08. The van der Waals surface area contributed by atoms with Gasteiger partial charge >= 0.3 is 0 Å². The Hall–Kier alpha value is -0.980. The largest absolute Gasteiger partial charge is 0.370 e. The molecule has 2 rings (SSSR count). The van der Waals surface area contributed by atoms with Crippen LogP contribution < -0.4 is 0 Å². The summed E-state index contributed by atoms with van der Waals surface area (Å²) in [7, 11) is 0. The van der Waals surface area contributed by atoms with Gasteiger partial charge in [-0.15, -0.1) is 0 Å². The van der Waals surface area contributed by atoms with Crippen LogP contribution in [0.2, 0.25) is 0 Å². The van der Waals surface area contributed by atoms with Crippen molar-refractivity contribution in [2.75, 3.05) is 6.54 Å². The van der Waals surface area contributed by atoms with Gasteiger partial charge in [-0.2, -0.15) is 0 Å². The van der Waals surface area contributed by atoms with Crippen LogP contribution in [0, 0.1) is 0 Å². The lowest BCUT2D eigenvalue weighted by molar-refractivity contribution is 0.400. The molecule has 1 heteroatoms. The first kappa shape index (κ1) is 6.71. The number of rotatable bonds is 2. The molecule has 1 heterocycles. The zero-order valence-electron chi connectivity index (χ0n) is 6.66. The zero-order valence-corrected chi connectivity index (χ0v) is 6.66. The van der Waals surface area contributed by atoms with Crippen molar-refractivity contribution < 1.29 is 0 Å². The Labute approximate surface area is 67.7 Å². The maximum Gasteiger partial charge on any atom is 0.0360 e. The molecule has 0 aromatic heterocycles. The van der Waals surface area contributed by atoms with Gasteiger partial charge in [-0.3, -0.25) is 0 Å². The Morgan fingerprint density at radius 3 is 3.00 bits per heavy atom. The molecule has 0 aromatic carbocycles. The van der Waals surface area contributed by atoms with Gasteiger partial charge in [0.05, 0.1) is 0 Å². The maximum absolute atomic E-state index is 3.75. The molecule has 0 saturated heterocycles. The highest BCUT2D eigenvalue weighted by atomic mass is 15.2. The van der Waals surface area contributed by atoms with Crippen LogP contribution in [-0.2, 0) is 0 Å². The summed E-state index contributed by atoms with van der Waals surface area (Å²) in [5.41, 5.74) is 1.24. The molecule has 2 aliphatic rings. The van der Waals surface area contributed by atoms with Crippen molar-refractivity contribution in [1.82, 2.24) is 4.90 Å². The van der Waals surface area contributed by atoms with E-state index in [-0.39, 0.29) is 0 Å². The lowest BCUT2D eigenvalue weighted by Crippen LogP contribution is -2.21. The molecular formula is C10H13N. The van der Waals surface area contributed by atoms with Crippen molar-refractivity contribution in [2.24, 2.45) is 0 Å². The van der Waals surface area contributed by atoms with E-state index in [1.807, 2.05) is 6.08 Å². The van der Waals surface area contributed by atoms with Gasteiger partial charge in [-0.25, -0.2) is 0 Å². The first-order chi connectivity index (χ1) is 5.40. The van der Waals surface area contributed by atoms with Crippen LogP contribution in [0.3, 0.4) is 0 Å². The quantitative estimate of drug-likeness (QED) is 0.578. The predicted octanol–water partition coefficient (Wildman–Crippen LogP) is 2.09. The molecule has 1 aliphatic carbocycles. The van der Waals surface area contributed by atoms with Crippen LogP contribution in [0.15, 0.2) is 36.6 Å². The molecule has 0 atom stereocenters. The monoisotopic (exact) mass is 147 g/mol. The van der Waals surface area contributed by atoms with Gasteiger partial charge in [-0.05, 0) is 18.4 Å². The molecule has 1 fully saturated rings. The average molecular weight is 147 g/mol. The van der Waals surface area contributed by atoms with E-state index in [1.54, 1.807) is 0 Å². The standard InChI is InChI=1S/C10H13N/c1-2-9-4-3-7-11(8-9)10-5-6-10/h2-4,8,10H,1,5-7H2. The van der Waals surface area contributed by atoms with E-state index >= 15 is 0 Å². The fourth-order valence-corrected chi connectivity index (χ4v) is 1.38. The minimum absolute atomic E-state index is 0.829. The SMILES string of the molecule is C=CC1=CN(C2CC2)CC=C1. The number of allylic oxidation sites excluding steroid dienone is 3. The third kappa shape index (κ3) is 1.37. The molecule has 1 nitrogen and oxygen atoms in total. The molecule has 0 radical (unpaired) electrons. The normalized spacial score (nSPS) is 23.3. The molecule has 1 aliphatic heterocycles. The van der Waals surface area contributed by atoms with E-state index in [1.165, 1.54) is 18.4 Å². The van der Waals surface area contributed by atoms with E-state index in [2.05, 4.69) is 29.8 Å². The third-order valence-corrected chi connectivity index (χ3v) is 2.19. The Bertz CT molecular complexity index is 221. The summed E-state index contributed by atoms with van der Waals surface area (Å²) in [6.45, 7) is 4.84. The molecule has 0 amide bonds. The summed E-state index contributed by atoms with van der Waals surface area (Å²) in [5.74, 6) is 0. The Kier molecular flexibility index (Phi) is 1.57. The Morgan fingerprint density at radius 1 is 1.55 bits per heavy atom. The lowest BCUT2D eigenvalue weighted by Gasteiger charge is -2.21. The van der Waals surface area contributed by atoms with Crippen LogP contribution in [0.1, 0.15) is 12.8 Å². The van der Waals surface area contributed by atoms with Crippen molar-refractivity contribution in [3.8, 4) is 0 Å². The second kappa shape index (κ2) is 2.57. The fourth-order valence-electron chi connectivity index (χ4n) is 1.38. The summed E-state index contributed by atoms with van der Waals surface area (Å²) < 4.78 is 0. The van der Waals surface area contributed by atoms with E-state index in [0.29, 0.717) is 0 Å². The van der Waals surface area contributed by atoms with Gasteiger partial charge in [0.15, 0.2) is 0 Å². The van der Waals surface area contributed by atoms with E-state index in [0.717, 1.165) is 12.6 Å². The molecule has 0 bridgehead atoms. The highest BCUT2D eigenvalue weighted by Crippen LogP contribution is 2.28. The lowest BCUT2D eigenvalue weighted by atomic mass is 10.2. The topological polar surface area (TPSA) is 3.24 Å². The number of hydrogen-bond donors (Lipinski definition) is 0. The molecular weight excluding hydrogens is 134 g/mol. The van der Waals surface area contributed by atoms with E-state index < -0.39 is 0 Å². The van der Waals surface area contributed by atoms with Crippen LogP contribution in [0.25, 0.3) is 0 Å². The van der Waals surface area contributed by atoms with Gasteiger partial charge in [0.25, 0.3) is 0 Å². The number of nitrogens with zero attached hydrogens (tertiary/aromatic N) is 1. The second-order valence-electron chi connectivity index (χ2n) is 3.16. The summed E-state index contributed by atoms with van der Waals surface area (Å²) >= 11 is 0. The van der Waals surface area contributed by atoms with Gasteiger partial charge in [-0.1, -0.05) is 24.8 Å². The summed E-state index contributed by atoms with van der Waals surface area (Å²) in [4.78, 5) is 2.40. The second-order valence-corrected chi connectivity index (χ2v) is 3.16. The molecule has 0 unspecified atom stereocenters. The zero-order chi connectivity index (χ0) is 7.68. The predicted molar refractivity (Wildman–Crippen MR) is 47.1 cm³/mol. The fraction of sp³-hybridized carbons (Fsp3) is 0.400. The molecule has 0 spiro atoms. The van der Waals surface area contributed by atoms with Crippen LogP contribution in [0.4, 0.5) is 0 Å².